The van der Waals surface area contributed by atoms with Crippen molar-refractivity contribution in [2.75, 3.05) is 0 Å². The standard InChI is InChI=1S/C31H35N3O4/c1-31(2,3)38-27(37)21-26(36)20-25(35)16-19-34-29(23-10-6-4-7-11-23)28(22-14-17-32-18-15-22)33-30(34)24-12-8-5-9-13-24/h4-15,17-18,25-26,35-36H,16,19-21H2,1-3H3/t25-,26-/m1/s1. The van der Waals surface area contributed by atoms with E-state index in [4.69, 9.17) is 9.72 Å². The molecule has 7 nitrogen and oxygen atoms in total. The van der Waals surface area contributed by atoms with E-state index in [9.17, 15) is 15.0 Å². The first-order valence-electron chi connectivity index (χ1n) is 12.9. The van der Waals surface area contributed by atoms with Crippen LogP contribution in [-0.2, 0) is 16.1 Å². The van der Waals surface area contributed by atoms with Crippen molar-refractivity contribution in [2.45, 2.75) is 64.4 Å². The molecule has 0 aliphatic rings. The number of aromatic nitrogens is 3. The Morgan fingerprint density at radius 1 is 0.868 bits per heavy atom. The topological polar surface area (TPSA) is 97.5 Å². The zero-order chi connectivity index (χ0) is 27.1. The zero-order valence-electron chi connectivity index (χ0n) is 22.1. The van der Waals surface area contributed by atoms with E-state index in [-0.39, 0.29) is 12.8 Å². The molecule has 0 spiro atoms. The van der Waals surface area contributed by atoms with Gasteiger partial charge in [-0.15, -0.1) is 0 Å². The molecule has 2 N–H and O–H groups in total. The Balaban J connectivity index is 1.63. The predicted molar refractivity (Wildman–Crippen MR) is 148 cm³/mol. The number of pyridine rings is 1. The quantitative estimate of drug-likeness (QED) is 0.271. The van der Waals surface area contributed by atoms with Crippen LogP contribution in [0, 0.1) is 0 Å². The van der Waals surface area contributed by atoms with Crippen LogP contribution in [0.4, 0.5) is 0 Å². The molecule has 2 aromatic carbocycles. The van der Waals surface area contributed by atoms with E-state index in [0.29, 0.717) is 13.0 Å². The van der Waals surface area contributed by atoms with E-state index in [2.05, 4.69) is 9.55 Å². The molecule has 0 amide bonds. The monoisotopic (exact) mass is 513 g/mol. The zero-order valence-corrected chi connectivity index (χ0v) is 22.1. The highest BCUT2D eigenvalue weighted by Crippen LogP contribution is 2.36. The number of aliphatic hydroxyl groups excluding tert-OH is 2. The van der Waals surface area contributed by atoms with E-state index in [1.165, 1.54) is 0 Å². The smallest absolute Gasteiger partial charge is 0.308 e. The Hall–Kier alpha value is -3.81. The van der Waals surface area contributed by atoms with Crippen molar-refractivity contribution in [3.05, 3.63) is 85.2 Å². The molecule has 4 rings (SSSR count). The van der Waals surface area contributed by atoms with Crippen molar-refractivity contribution in [1.82, 2.24) is 14.5 Å². The molecule has 2 atom stereocenters. The highest BCUT2D eigenvalue weighted by molar-refractivity contribution is 5.82. The Kier molecular flexibility index (Phi) is 8.71. The number of hydrogen-bond acceptors (Lipinski definition) is 6. The summed E-state index contributed by atoms with van der Waals surface area (Å²) in [5, 5.41) is 21.2. The number of carbonyl (C=O) groups excluding carboxylic acids is 1. The Bertz CT molecular complexity index is 1320. The van der Waals surface area contributed by atoms with Gasteiger partial charge in [0.25, 0.3) is 0 Å². The summed E-state index contributed by atoms with van der Waals surface area (Å²) in [6.07, 6.45) is 1.99. The van der Waals surface area contributed by atoms with Crippen molar-refractivity contribution in [3.63, 3.8) is 0 Å². The third kappa shape index (κ3) is 7.15. The van der Waals surface area contributed by atoms with Crippen LogP contribution in [-0.4, -0.2) is 48.5 Å². The van der Waals surface area contributed by atoms with Crippen LogP contribution in [0.5, 0.6) is 0 Å². The molecule has 4 aromatic rings. The van der Waals surface area contributed by atoms with E-state index in [0.717, 1.165) is 33.9 Å². The van der Waals surface area contributed by atoms with Crippen molar-refractivity contribution < 1.29 is 19.7 Å². The number of imidazole rings is 1. The third-order valence-corrected chi connectivity index (χ3v) is 6.05. The Morgan fingerprint density at radius 3 is 2.08 bits per heavy atom. The fraction of sp³-hybridized carbons (Fsp3) is 0.323. The summed E-state index contributed by atoms with van der Waals surface area (Å²) in [5.41, 5.74) is 4.07. The van der Waals surface area contributed by atoms with Crippen LogP contribution < -0.4 is 0 Å². The molecule has 198 valence electrons. The molecule has 0 aliphatic heterocycles. The summed E-state index contributed by atoms with van der Waals surface area (Å²) in [7, 11) is 0. The minimum Gasteiger partial charge on any atom is -0.460 e. The average Bonchev–Trinajstić information content (AvgIpc) is 3.27. The van der Waals surface area contributed by atoms with Gasteiger partial charge in [0, 0.05) is 35.6 Å². The van der Waals surface area contributed by atoms with Gasteiger partial charge in [0.05, 0.1) is 30.0 Å². The highest BCUT2D eigenvalue weighted by atomic mass is 16.6. The van der Waals surface area contributed by atoms with Crippen molar-refractivity contribution in [1.29, 1.82) is 0 Å². The lowest BCUT2D eigenvalue weighted by Crippen LogP contribution is -2.28. The summed E-state index contributed by atoms with van der Waals surface area (Å²) in [4.78, 5) is 21.3. The predicted octanol–water partition coefficient (Wildman–Crippen LogP) is 5.51. The summed E-state index contributed by atoms with van der Waals surface area (Å²) in [6, 6.07) is 23.9. The van der Waals surface area contributed by atoms with Gasteiger partial charge in [-0.3, -0.25) is 9.78 Å². The largest absolute Gasteiger partial charge is 0.460 e. The second kappa shape index (κ2) is 12.2. The molecule has 2 heterocycles. The van der Waals surface area contributed by atoms with Gasteiger partial charge in [0.2, 0.25) is 0 Å². The molecular formula is C31H35N3O4. The van der Waals surface area contributed by atoms with Crippen LogP contribution in [0.1, 0.15) is 40.0 Å². The number of benzene rings is 2. The van der Waals surface area contributed by atoms with Crippen LogP contribution >= 0.6 is 0 Å². The molecule has 0 radical (unpaired) electrons. The number of aliphatic hydroxyl groups is 2. The number of ether oxygens (including phenoxy) is 1. The molecule has 0 bridgehead atoms. The number of esters is 1. The maximum atomic E-state index is 12.1. The van der Waals surface area contributed by atoms with Crippen molar-refractivity contribution in [3.8, 4) is 33.9 Å². The summed E-state index contributed by atoms with van der Waals surface area (Å²) >= 11 is 0. The maximum absolute atomic E-state index is 12.1. The molecule has 0 saturated heterocycles. The van der Waals surface area contributed by atoms with E-state index in [1.807, 2.05) is 72.8 Å². The van der Waals surface area contributed by atoms with Crippen LogP contribution in [0.25, 0.3) is 33.9 Å². The second-order valence-electron chi connectivity index (χ2n) is 10.4. The number of hydrogen-bond donors (Lipinski definition) is 2. The average molecular weight is 514 g/mol. The maximum Gasteiger partial charge on any atom is 0.308 e. The van der Waals surface area contributed by atoms with Crippen LogP contribution in [0.15, 0.2) is 85.2 Å². The van der Waals surface area contributed by atoms with Gasteiger partial charge in [-0.1, -0.05) is 60.7 Å². The van der Waals surface area contributed by atoms with Gasteiger partial charge in [-0.2, -0.15) is 0 Å². The summed E-state index contributed by atoms with van der Waals surface area (Å²) < 4.78 is 7.42. The minimum absolute atomic E-state index is 0.0759. The van der Waals surface area contributed by atoms with E-state index >= 15 is 0 Å². The molecule has 7 heteroatoms. The second-order valence-corrected chi connectivity index (χ2v) is 10.4. The first kappa shape index (κ1) is 27.2. The lowest BCUT2D eigenvalue weighted by atomic mass is 10.0. The van der Waals surface area contributed by atoms with E-state index < -0.39 is 23.8 Å². The molecule has 38 heavy (non-hydrogen) atoms. The lowest BCUT2D eigenvalue weighted by Gasteiger charge is -2.21. The molecule has 0 fully saturated rings. The van der Waals surface area contributed by atoms with Gasteiger partial charge >= 0.3 is 5.97 Å². The molecule has 0 saturated carbocycles. The fourth-order valence-electron chi connectivity index (χ4n) is 4.45. The number of rotatable bonds is 10. The van der Waals surface area contributed by atoms with Crippen LogP contribution in [0.2, 0.25) is 0 Å². The molecule has 0 aliphatic carbocycles. The Morgan fingerprint density at radius 2 is 1.47 bits per heavy atom. The van der Waals surface area contributed by atoms with E-state index in [1.54, 1.807) is 33.2 Å². The van der Waals surface area contributed by atoms with Crippen molar-refractivity contribution in [2.24, 2.45) is 0 Å². The van der Waals surface area contributed by atoms with Crippen molar-refractivity contribution >= 4 is 5.97 Å². The molecule has 0 unspecified atom stereocenters. The fourth-order valence-corrected chi connectivity index (χ4v) is 4.45. The third-order valence-electron chi connectivity index (χ3n) is 6.05. The SMILES string of the molecule is CC(C)(C)OC(=O)C[C@H](O)C[C@H](O)CCn1c(-c2ccccc2)nc(-c2ccncc2)c1-c1ccccc1. The molecule has 2 aromatic heterocycles. The number of nitrogens with zero attached hydrogens (tertiary/aromatic N) is 3. The van der Waals surface area contributed by atoms with Gasteiger partial charge < -0.3 is 19.5 Å². The lowest BCUT2D eigenvalue weighted by molar-refractivity contribution is -0.157. The first-order chi connectivity index (χ1) is 18.2. The summed E-state index contributed by atoms with van der Waals surface area (Å²) in [5.74, 6) is 0.310. The minimum atomic E-state index is -0.989. The number of carbonyl (C=O) groups is 1. The normalized spacial score (nSPS) is 13.2. The highest BCUT2D eigenvalue weighted by Gasteiger charge is 2.24. The van der Waals surface area contributed by atoms with Crippen LogP contribution in [0.3, 0.4) is 0 Å². The van der Waals surface area contributed by atoms with Gasteiger partial charge in [-0.05, 0) is 45.7 Å². The van der Waals surface area contributed by atoms with Gasteiger partial charge in [-0.25, -0.2) is 4.98 Å². The van der Waals surface area contributed by atoms with Gasteiger partial charge in [0.15, 0.2) is 0 Å². The Labute approximate surface area is 223 Å². The van der Waals surface area contributed by atoms with Gasteiger partial charge in [0.1, 0.15) is 11.4 Å². The first-order valence-corrected chi connectivity index (χ1v) is 12.9. The molecular weight excluding hydrogens is 478 g/mol. The summed E-state index contributed by atoms with van der Waals surface area (Å²) in [6.45, 7) is 5.82.